The molecule has 0 aromatic heterocycles. The van der Waals surface area contributed by atoms with Gasteiger partial charge in [-0.25, -0.2) is 8.78 Å². The highest BCUT2D eigenvalue weighted by atomic mass is 19.1. The van der Waals surface area contributed by atoms with E-state index in [4.69, 9.17) is 0 Å². The smallest absolute Gasteiger partial charge is 0.254 e. The van der Waals surface area contributed by atoms with Crippen LogP contribution < -0.4 is 10.6 Å². The van der Waals surface area contributed by atoms with Gasteiger partial charge in [0.1, 0.15) is 11.6 Å². The average Bonchev–Trinajstić information content (AvgIpc) is 2.24. The van der Waals surface area contributed by atoms with Gasteiger partial charge in [-0.2, -0.15) is 0 Å². The molecule has 0 heterocycles. The molecule has 2 N–H and O–H groups in total. The summed E-state index contributed by atoms with van der Waals surface area (Å²) >= 11 is 0. The van der Waals surface area contributed by atoms with Crippen molar-refractivity contribution >= 4 is 5.91 Å². The molecule has 0 spiro atoms. The highest BCUT2D eigenvalue weighted by Crippen LogP contribution is 2.08. The first kappa shape index (κ1) is 12.6. The Balaban J connectivity index is 2.53. The maximum absolute atomic E-state index is 13.2. The molecule has 1 amide bonds. The fourth-order valence-electron chi connectivity index (χ4n) is 1.21. The van der Waals surface area contributed by atoms with Crippen LogP contribution in [0.3, 0.4) is 0 Å². The van der Waals surface area contributed by atoms with Crippen LogP contribution in [0.1, 0.15) is 17.3 Å². The molecule has 0 aliphatic heterocycles. The zero-order valence-electron chi connectivity index (χ0n) is 9.02. The van der Waals surface area contributed by atoms with Gasteiger partial charge in [0.2, 0.25) is 0 Å². The lowest BCUT2D eigenvalue weighted by Crippen LogP contribution is -2.32. The highest BCUT2D eigenvalue weighted by molar-refractivity contribution is 5.94. The van der Waals surface area contributed by atoms with Gasteiger partial charge in [0.05, 0.1) is 5.56 Å². The summed E-state index contributed by atoms with van der Waals surface area (Å²) in [5, 5.41) is 5.54. The van der Waals surface area contributed by atoms with Gasteiger partial charge in [-0.05, 0) is 18.7 Å². The van der Waals surface area contributed by atoms with E-state index in [0.717, 1.165) is 18.7 Å². The van der Waals surface area contributed by atoms with Crippen molar-refractivity contribution in [3.63, 3.8) is 0 Å². The van der Waals surface area contributed by atoms with Gasteiger partial charge in [-0.15, -0.1) is 0 Å². The van der Waals surface area contributed by atoms with Gasteiger partial charge in [0.25, 0.3) is 5.91 Å². The van der Waals surface area contributed by atoms with Crippen LogP contribution in [0.5, 0.6) is 0 Å². The van der Waals surface area contributed by atoms with E-state index in [-0.39, 0.29) is 5.56 Å². The van der Waals surface area contributed by atoms with Crippen molar-refractivity contribution in [2.75, 3.05) is 19.6 Å². The standard InChI is InChI=1S/C11H14F2N2O/c1-2-14-5-6-15-11(16)9-4-3-8(12)7-10(9)13/h3-4,7,14H,2,5-6H2,1H3,(H,15,16). The van der Waals surface area contributed by atoms with E-state index in [1.165, 1.54) is 0 Å². The van der Waals surface area contributed by atoms with Crippen molar-refractivity contribution in [3.8, 4) is 0 Å². The Morgan fingerprint density at radius 1 is 1.31 bits per heavy atom. The summed E-state index contributed by atoms with van der Waals surface area (Å²) in [4.78, 5) is 11.4. The van der Waals surface area contributed by atoms with Crippen LogP contribution in [0.15, 0.2) is 18.2 Å². The number of carbonyl (C=O) groups is 1. The predicted octanol–water partition coefficient (Wildman–Crippen LogP) is 1.30. The molecular weight excluding hydrogens is 214 g/mol. The summed E-state index contributed by atoms with van der Waals surface area (Å²) in [6.07, 6.45) is 0. The molecule has 1 rings (SSSR count). The molecule has 0 unspecified atom stereocenters. The minimum absolute atomic E-state index is 0.141. The number of likely N-dealkylation sites (N-methyl/N-ethyl adjacent to an activating group) is 1. The van der Waals surface area contributed by atoms with Gasteiger partial charge in [-0.1, -0.05) is 6.92 Å². The number of carbonyl (C=O) groups excluding carboxylic acids is 1. The minimum atomic E-state index is -0.846. The Bertz CT molecular complexity index is 369. The highest BCUT2D eigenvalue weighted by Gasteiger charge is 2.11. The summed E-state index contributed by atoms with van der Waals surface area (Å²) < 4.78 is 25.7. The molecule has 0 bridgehead atoms. The van der Waals surface area contributed by atoms with Crippen LogP contribution in [0.4, 0.5) is 8.78 Å². The van der Waals surface area contributed by atoms with Crippen LogP contribution in [-0.4, -0.2) is 25.5 Å². The lowest BCUT2D eigenvalue weighted by atomic mass is 10.2. The number of hydrogen-bond donors (Lipinski definition) is 2. The predicted molar refractivity (Wildman–Crippen MR) is 57.2 cm³/mol. The maximum atomic E-state index is 13.2. The summed E-state index contributed by atoms with van der Waals surface area (Å²) in [6, 6.07) is 2.88. The summed E-state index contributed by atoms with van der Waals surface area (Å²) in [7, 11) is 0. The molecule has 0 aliphatic rings. The number of rotatable bonds is 5. The van der Waals surface area contributed by atoms with Gasteiger partial charge < -0.3 is 10.6 Å². The summed E-state index contributed by atoms with van der Waals surface area (Å²) in [5.74, 6) is -2.07. The second kappa shape index (κ2) is 6.17. The first-order chi connectivity index (χ1) is 7.65. The molecule has 5 heteroatoms. The third-order valence-electron chi connectivity index (χ3n) is 2.01. The van der Waals surface area contributed by atoms with Crippen LogP contribution in [0.2, 0.25) is 0 Å². The molecule has 0 saturated carbocycles. The Labute approximate surface area is 92.8 Å². The topological polar surface area (TPSA) is 41.1 Å². The molecule has 1 aromatic rings. The lowest BCUT2D eigenvalue weighted by molar-refractivity contribution is 0.0950. The van der Waals surface area contributed by atoms with E-state index < -0.39 is 17.5 Å². The SMILES string of the molecule is CCNCCNC(=O)c1ccc(F)cc1F. The van der Waals surface area contributed by atoms with Crippen molar-refractivity contribution in [3.05, 3.63) is 35.4 Å². The van der Waals surface area contributed by atoms with Crippen LogP contribution in [0.25, 0.3) is 0 Å². The molecule has 1 aromatic carbocycles. The largest absolute Gasteiger partial charge is 0.351 e. The molecule has 3 nitrogen and oxygen atoms in total. The molecule has 0 radical (unpaired) electrons. The van der Waals surface area contributed by atoms with Crippen LogP contribution >= 0.6 is 0 Å². The Morgan fingerprint density at radius 3 is 2.69 bits per heavy atom. The third kappa shape index (κ3) is 3.58. The van der Waals surface area contributed by atoms with Crippen molar-refractivity contribution in [1.29, 1.82) is 0 Å². The first-order valence-electron chi connectivity index (χ1n) is 5.09. The van der Waals surface area contributed by atoms with E-state index in [9.17, 15) is 13.6 Å². The molecule has 88 valence electrons. The fraction of sp³-hybridized carbons (Fsp3) is 0.364. The average molecular weight is 228 g/mol. The first-order valence-corrected chi connectivity index (χ1v) is 5.09. The minimum Gasteiger partial charge on any atom is -0.351 e. The van der Waals surface area contributed by atoms with E-state index >= 15 is 0 Å². The zero-order chi connectivity index (χ0) is 12.0. The number of benzene rings is 1. The van der Waals surface area contributed by atoms with E-state index in [1.54, 1.807) is 0 Å². The quantitative estimate of drug-likeness (QED) is 0.746. The second-order valence-corrected chi connectivity index (χ2v) is 3.23. The third-order valence-corrected chi connectivity index (χ3v) is 2.01. The Kier molecular flexibility index (Phi) is 4.85. The molecule has 16 heavy (non-hydrogen) atoms. The normalized spacial score (nSPS) is 10.2. The molecule has 0 saturated heterocycles. The van der Waals surface area contributed by atoms with Crippen molar-refractivity contribution in [2.45, 2.75) is 6.92 Å². The Hall–Kier alpha value is -1.49. The van der Waals surface area contributed by atoms with Crippen molar-refractivity contribution in [1.82, 2.24) is 10.6 Å². The number of nitrogens with one attached hydrogen (secondary N) is 2. The second-order valence-electron chi connectivity index (χ2n) is 3.23. The van der Waals surface area contributed by atoms with Crippen LogP contribution in [-0.2, 0) is 0 Å². The zero-order valence-corrected chi connectivity index (χ0v) is 9.02. The number of hydrogen-bond acceptors (Lipinski definition) is 2. The number of halogens is 2. The lowest BCUT2D eigenvalue weighted by Gasteiger charge is -2.06. The van der Waals surface area contributed by atoms with Crippen LogP contribution in [0, 0.1) is 11.6 Å². The molecule has 0 atom stereocenters. The van der Waals surface area contributed by atoms with Crippen molar-refractivity contribution < 1.29 is 13.6 Å². The van der Waals surface area contributed by atoms with E-state index in [1.807, 2.05) is 6.92 Å². The molecule has 0 fully saturated rings. The van der Waals surface area contributed by atoms with E-state index in [0.29, 0.717) is 19.2 Å². The van der Waals surface area contributed by atoms with Gasteiger partial charge in [0, 0.05) is 19.2 Å². The van der Waals surface area contributed by atoms with Gasteiger partial charge in [0.15, 0.2) is 0 Å². The fourth-order valence-corrected chi connectivity index (χ4v) is 1.21. The van der Waals surface area contributed by atoms with E-state index in [2.05, 4.69) is 10.6 Å². The summed E-state index contributed by atoms with van der Waals surface area (Å²) in [6.45, 7) is 3.77. The van der Waals surface area contributed by atoms with Gasteiger partial charge in [-0.3, -0.25) is 4.79 Å². The van der Waals surface area contributed by atoms with Gasteiger partial charge >= 0.3 is 0 Å². The Morgan fingerprint density at radius 2 is 2.06 bits per heavy atom. The molecular formula is C11H14F2N2O. The maximum Gasteiger partial charge on any atom is 0.254 e. The van der Waals surface area contributed by atoms with Crippen molar-refractivity contribution in [2.24, 2.45) is 0 Å². The number of amides is 1. The molecule has 0 aliphatic carbocycles. The monoisotopic (exact) mass is 228 g/mol. The summed E-state index contributed by atoms with van der Waals surface area (Å²) in [5.41, 5.74) is -0.141.